The first kappa shape index (κ1) is 20.7. The van der Waals surface area contributed by atoms with Crippen molar-refractivity contribution in [1.82, 2.24) is 15.1 Å². The fraction of sp³-hybridized carbons (Fsp3) is 0.550. The maximum Gasteiger partial charge on any atom is 0.408 e. The Bertz CT molecular complexity index is 671. The van der Waals surface area contributed by atoms with Gasteiger partial charge in [-0.1, -0.05) is 29.8 Å². The van der Waals surface area contributed by atoms with Crippen LogP contribution in [0.4, 0.5) is 4.79 Å². The van der Waals surface area contributed by atoms with Crippen molar-refractivity contribution in [2.75, 3.05) is 32.7 Å². The smallest absolute Gasteiger partial charge is 0.408 e. The second-order valence-electron chi connectivity index (χ2n) is 7.78. The summed E-state index contributed by atoms with van der Waals surface area (Å²) in [7, 11) is 0. The highest BCUT2D eigenvalue weighted by molar-refractivity contribution is 5.83. The van der Waals surface area contributed by atoms with Crippen LogP contribution < -0.4 is 5.32 Å². The Kier molecular flexibility index (Phi) is 6.82. The molecule has 7 nitrogen and oxygen atoms in total. The molecule has 148 valence electrons. The molecule has 1 saturated heterocycles. The molecule has 0 atom stereocenters. The second kappa shape index (κ2) is 8.88. The standard InChI is InChI=1S/C20H29N3O4/c1-15-5-7-16(8-6-15)13-17(24)22-9-11-23(12-10-22)18(25)14-21-19(26)27-20(2,3)4/h5-8H,9-14H2,1-4H3,(H,21,26). The summed E-state index contributed by atoms with van der Waals surface area (Å²) >= 11 is 0. The lowest BCUT2D eigenvalue weighted by atomic mass is 10.1. The number of carbonyl (C=O) groups is 3. The molecule has 1 aromatic rings. The van der Waals surface area contributed by atoms with Crippen molar-refractivity contribution in [3.8, 4) is 0 Å². The SMILES string of the molecule is Cc1ccc(CC(=O)N2CCN(C(=O)CNC(=O)OC(C)(C)C)CC2)cc1. The van der Waals surface area contributed by atoms with Gasteiger partial charge in [0.15, 0.2) is 0 Å². The predicted octanol–water partition coefficient (Wildman–Crippen LogP) is 1.73. The molecule has 3 amide bonds. The van der Waals surface area contributed by atoms with Gasteiger partial charge in [0.05, 0.1) is 6.42 Å². The van der Waals surface area contributed by atoms with Gasteiger partial charge in [0.25, 0.3) is 0 Å². The maximum absolute atomic E-state index is 12.4. The van der Waals surface area contributed by atoms with Gasteiger partial charge in [-0.3, -0.25) is 9.59 Å². The first-order valence-corrected chi connectivity index (χ1v) is 9.22. The number of benzene rings is 1. The van der Waals surface area contributed by atoms with Crippen molar-refractivity contribution < 1.29 is 19.1 Å². The molecular formula is C20H29N3O4. The lowest BCUT2D eigenvalue weighted by Crippen LogP contribution is -2.53. The van der Waals surface area contributed by atoms with Crippen LogP contribution in [-0.4, -0.2) is 66.0 Å². The molecule has 2 rings (SSSR count). The number of nitrogens with zero attached hydrogens (tertiary/aromatic N) is 2. The van der Waals surface area contributed by atoms with Gasteiger partial charge in [0.2, 0.25) is 11.8 Å². The molecule has 1 N–H and O–H groups in total. The first-order valence-electron chi connectivity index (χ1n) is 9.22. The van der Waals surface area contributed by atoms with Crippen LogP contribution in [-0.2, 0) is 20.7 Å². The third-order valence-electron chi connectivity index (χ3n) is 4.24. The van der Waals surface area contributed by atoms with Gasteiger partial charge < -0.3 is 19.9 Å². The molecule has 1 aliphatic rings. The molecule has 1 heterocycles. The number of amides is 3. The Labute approximate surface area is 160 Å². The van der Waals surface area contributed by atoms with Crippen LogP contribution in [0.3, 0.4) is 0 Å². The topological polar surface area (TPSA) is 79.0 Å². The van der Waals surface area contributed by atoms with Crippen LogP contribution >= 0.6 is 0 Å². The van der Waals surface area contributed by atoms with E-state index in [1.165, 1.54) is 5.56 Å². The molecule has 0 bridgehead atoms. The van der Waals surface area contributed by atoms with Crippen molar-refractivity contribution in [3.63, 3.8) is 0 Å². The number of hydrogen-bond donors (Lipinski definition) is 1. The number of carbonyl (C=O) groups excluding carboxylic acids is 3. The van der Waals surface area contributed by atoms with Crippen LogP contribution in [0.25, 0.3) is 0 Å². The number of ether oxygens (including phenoxy) is 1. The van der Waals surface area contributed by atoms with Gasteiger partial charge in [-0.25, -0.2) is 4.79 Å². The van der Waals surface area contributed by atoms with Crippen molar-refractivity contribution in [2.45, 2.75) is 39.7 Å². The third-order valence-corrected chi connectivity index (χ3v) is 4.24. The van der Waals surface area contributed by atoms with E-state index in [9.17, 15) is 14.4 Å². The average molecular weight is 375 g/mol. The molecular weight excluding hydrogens is 346 g/mol. The molecule has 0 spiro atoms. The van der Waals surface area contributed by atoms with E-state index < -0.39 is 11.7 Å². The summed E-state index contributed by atoms with van der Waals surface area (Å²) in [6.07, 6.45) is -0.239. The van der Waals surface area contributed by atoms with Crippen LogP contribution in [0, 0.1) is 6.92 Å². The van der Waals surface area contributed by atoms with E-state index in [1.807, 2.05) is 31.2 Å². The first-order chi connectivity index (χ1) is 12.6. The number of aryl methyl sites for hydroxylation is 1. The number of alkyl carbamates (subject to hydrolysis) is 1. The third kappa shape index (κ3) is 6.92. The highest BCUT2D eigenvalue weighted by atomic mass is 16.6. The quantitative estimate of drug-likeness (QED) is 0.869. The summed E-state index contributed by atoms with van der Waals surface area (Å²) in [5, 5.41) is 2.47. The minimum Gasteiger partial charge on any atom is -0.444 e. The molecule has 7 heteroatoms. The van der Waals surface area contributed by atoms with Crippen LogP contribution in [0.2, 0.25) is 0 Å². The van der Waals surface area contributed by atoms with Gasteiger partial charge in [-0.2, -0.15) is 0 Å². The molecule has 1 aromatic carbocycles. The highest BCUT2D eigenvalue weighted by Gasteiger charge is 2.25. The lowest BCUT2D eigenvalue weighted by molar-refractivity contribution is -0.138. The van der Waals surface area contributed by atoms with E-state index in [2.05, 4.69) is 5.32 Å². The van der Waals surface area contributed by atoms with E-state index in [0.29, 0.717) is 32.6 Å². The van der Waals surface area contributed by atoms with Crippen molar-refractivity contribution in [3.05, 3.63) is 35.4 Å². The minimum absolute atomic E-state index is 0.0674. The van der Waals surface area contributed by atoms with Crippen LogP contribution in [0.5, 0.6) is 0 Å². The highest BCUT2D eigenvalue weighted by Crippen LogP contribution is 2.09. The Morgan fingerprint density at radius 1 is 0.963 bits per heavy atom. The van der Waals surface area contributed by atoms with E-state index >= 15 is 0 Å². The van der Waals surface area contributed by atoms with Gasteiger partial charge in [0, 0.05) is 26.2 Å². The van der Waals surface area contributed by atoms with E-state index in [1.54, 1.807) is 30.6 Å². The largest absolute Gasteiger partial charge is 0.444 e. The van der Waals surface area contributed by atoms with Crippen molar-refractivity contribution >= 4 is 17.9 Å². The molecule has 27 heavy (non-hydrogen) atoms. The summed E-state index contributed by atoms with van der Waals surface area (Å²) in [6, 6.07) is 7.93. The summed E-state index contributed by atoms with van der Waals surface area (Å²) in [6.45, 7) is 9.14. The van der Waals surface area contributed by atoms with Crippen molar-refractivity contribution in [2.24, 2.45) is 0 Å². The van der Waals surface area contributed by atoms with Crippen LogP contribution in [0.1, 0.15) is 31.9 Å². The Morgan fingerprint density at radius 3 is 2.00 bits per heavy atom. The van der Waals surface area contributed by atoms with Gasteiger partial charge in [-0.15, -0.1) is 0 Å². The van der Waals surface area contributed by atoms with Gasteiger partial charge in [-0.05, 0) is 33.3 Å². The molecule has 0 radical (unpaired) electrons. The number of piperazine rings is 1. The Morgan fingerprint density at radius 2 is 1.48 bits per heavy atom. The lowest BCUT2D eigenvalue weighted by Gasteiger charge is -2.35. The predicted molar refractivity (Wildman–Crippen MR) is 102 cm³/mol. The van der Waals surface area contributed by atoms with Crippen molar-refractivity contribution in [1.29, 1.82) is 0 Å². The maximum atomic E-state index is 12.4. The minimum atomic E-state index is -0.609. The molecule has 0 aromatic heterocycles. The fourth-order valence-corrected chi connectivity index (χ4v) is 2.77. The fourth-order valence-electron chi connectivity index (χ4n) is 2.77. The number of nitrogens with one attached hydrogen (secondary N) is 1. The van der Waals surface area contributed by atoms with Gasteiger partial charge in [0.1, 0.15) is 12.1 Å². The molecule has 0 saturated carbocycles. The monoisotopic (exact) mass is 375 g/mol. The van der Waals surface area contributed by atoms with E-state index in [4.69, 9.17) is 4.74 Å². The molecule has 0 unspecified atom stereocenters. The number of rotatable bonds is 4. The second-order valence-corrected chi connectivity index (χ2v) is 7.78. The normalized spacial score (nSPS) is 14.7. The molecule has 0 aliphatic carbocycles. The zero-order valence-electron chi connectivity index (χ0n) is 16.6. The average Bonchev–Trinajstić information content (AvgIpc) is 2.60. The Balaban J connectivity index is 1.74. The van der Waals surface area contributed by atoms with Crippen LogP contribution in [0.15, 0.2) is 24.3 Å². The summed E-state index contributed by atoms with van der Waals surface area (Å²) in [4.78, 5) is 39.7. The summed E-state index contributed by atoms with van der Waals surface area (Å²) in [5.41, 5.74) is 1.56. The Hall–Kier alpha value is -2.57. The van der Waals surface area contributed by atoms with E-state index in [0.717, 1.165) is 5.56 Å². The summed E-state index contributed by atoms with van der Waals surface area (Å²) < 4.78 is 5.11. The zero-order chi connectivity index (χ0) is 20.0. The molecule has 1 aliphatic heterocycles. The van der Waals surface area contributed by atoms with Gasteiger partial charge >= 0.3 is 6.09 Å². The van der Waals surface area contributed by atoms with E-state index in [-0.39, 0.29) is 18.4 Å². The number of hydrogen-bond acceptors (Lipinski definition) is 4. The summed E-state index contributed by atoms with van der Waals surface area (Å²) in [5.74, 6) is -0.107. The zero-order valence-corrected chi connectivity index (χ0v) is 16.6. The molecule has 1 fully saturated rings.